The molecule has 90 valence electrons. The molecule has 1 heterocycles. The molecular formula is C12H26N2S. The van der Waals surface area contributed by atoms with Gasteiger partial charge in [0.15, 0.2) is 0 Å². The molecule has 0 aromatic carbocycles. The van der Waals surface area contributed by atoms with E-state index in [1.807, 2.05) is 0 Å². The molecule has 2 nitrogen and oxygen atoms in total. The van der Waals surface area contributed by atoms with Crippen molar-refractivity contribution in [1.82, 2.24) is 9.80 Å². The Hall–Kier alpha value is 0.270. The predicted octanol–water partition coefficient (Wildman–Crippen LogP) is 2.16. The van der Waals surface area contributed by atoms with E-state index in [4.69, 9.17) is 0 Å². The lowest BCUT2D eigenvalue weighted by atomic mass is 10.3. The lowest BCUT2D eigenvalue weighted by molar-refractivity contribution is 0.222. The monoisotopic (exact) mass is 230 g/mol. The fourth-order valence-electron chi connectivity index (χ4n) is 1.99. The molecule has 0 N–H and O–H groups in total. The Morgan fingerprint density at radius 1 is 1.27 bits per heavy atom. The van der Waals surface area contributed by atoms with Gasteiger partial charge in [-0.2, -0.15) is 11.8 Å². The van der Waals surface area contributed by atoms with Gasteiger partial charge in [-0.25, -0.2) is 0 Å². The maximum Gasteiger partial charge on any atom is 0.0110 e. The molecule has 0 aliphatic carbocycles. The first-order valence-electron chi connectivity index (χ1n) is 6.32. The molecule has 1 aliphatic rings. The SMILES string of the molecule is CCN(CC)CCN1CCS[C@H](C)CC1. The average Bonchev–Trinajstić information content (AvgIpc) is 2.45. The van der Waals surface area contributed by atoms with E-state index in [0.717, 1.165) is 5.25 Å². The molecular weight excluding hydrogens is 204 g/mol. The van der Waals surface area contributed by atoms with E-state index in [1.54, 1.807) is 0 Å². The van der Waals surface area contributed by atoms with Crippen LogP contribution in [0.4, 0.5) is 0 Å². The molecule has 0 unspecified atom stereocenters. The summed E-state index contributed by atoms with van der Waals surface area (Å²) in [4.78, 5) is 5.15. The Bertz CT molecular complexity index is 160. The van der Waals surface area contributed by atoms with Crippen molar-refractivity contribution in [3.8, 4) is 0 Å². The number of likely N-dealkylation sites (N-methyl/N-ethyl adjacent to an activating group) is 1. The van der Waals surface area contributed by atoms with Gasteiger partial charge in [-0.1, -0.05) is 20.8 Å². The Labute approximate surface area is 99.4 Å². The van der Waals surface area contributed by atoms with Crippen LogP contribution < -0.4 is 0 Å². The van der Waals surface area contributed by atoms with E-state index in [1.165, 1.54) is 51.4 Å². The van der Waals surface area contributed by atoms with Crippen LogP contribution in [0.5, 0.6) is 0 Å². The summed E-state index contributed by atoms with van der Waals surface area (Å²) in [7, 11) is 0. The highest BCUT2D eigenvalue weighted by Gasteiger charge is 2.14. The molecule has 1 rings (SSSR count). The number of thioether (sulfide) groups is 1. The second-order valence-corrected chi connectivity index (χ2v) is 5.88. The maximum atomic E-state index is 2.63. The zero-order valence-corrected chi connectivity index (χ0v) is 11.4. The van der Waals surface area contributed by atoms with Crippen LogP contribution in [0.3, 0.4) is 0 Å². The summed E-state index contributed by atoms with van der Waals surface area (Å²) in [5.74, 6) is 1.32. The van der Waals surface area contributed by atoms with E-state index < -0.39 is 0 Å². The third-order valence-electron chi connectivity index (χ3n) is 3.29. The zero-order chi connectivity index (χ0) is 11.1. The van der Waals surface area contributed by atoms with Gasteiger partial charge in [0.2, 0.25) is 0 Å². The molecule has 1 aliphatic heterocycles. The molecule has 0 radical (unpaired) electrons. The fourth-order valence-corrected chi connectivity index (χ4v) is 3.03. The third kappa shape index (κ3) is 5.23. The first-order valence-corrected chi connectivity index (χ1v) is 7.37. The summed E-state index contributed by atoms with van der Waals surface area (Å²) in [5.41, 5.74) is 0. The molecule has 0 aromatic heterocycles. The van der Waals surface area contributed by atoms with Crippen LogP contribution in [0.25, 0.3) is 0 Å². The minimum absolute atomic E-state index is 0.864. The molecule has 0 aromatic rings. The summed E-state index contributed by atoms with van der Waals surface area (Å²) in [5, 5.41) is 0.864. The second kappa shape index (κ2) is 7.53. The summed E-state index contributed by atoms with van der Waals surface area (Å²) in [6.07, 6.45) is 1.36. The van der Waals surface area contributed by atoms with Gasteiger partial charge in [0.05, 0.1) is 0 Å². The van der Waals surface area contributed by atoms with Crippen LogP contribution >= 0.6 is 11.8 Å². The average molecular weight is 230 g/mol. The lowest BCUT2D eigenvalue weighted by Gasteiger charge is -2.24. The summed E-state index contributed by atoms with van der Waals surface area (Å²) in [6, 6.07) is 0. The van der Waals surface area contributed by atoms with Crippen molar-refractivity contribution in [2.75, 3.05) is 45.0 Å². The minimum Gasteiger partial charge on any atom is -0.303 e. The summed E-state index contributed by atoms with van der Waals surface area (Å²) < 4.78 is 0. The van der Waals surface area contributed by atoms with Gasteiger partial charge in [0.25, 0.3) is 0 Å². The smallest absolute Gasteiger partial charge is 0.0110 e. The second-order valence-electron chi connectivity index (χ2n) is 4.34. The van der Waals surface area contributed by atoms with Crippen molar-refractivity contribution >= 4 is 11.8 Å². The highest BCUT2D eigenvalue weighted by Crippen LogP contribution is 2.18. The molecule has 0 spiro atoms. The largest absolute Gasteiger partial charge is 0.303 e. The molecule has 0 bridgehead atoms. The number of nitrogens with zero attached hydrogens (tertiary/aromatic N) is 2. The molecule has 0 saturated carbocycles. The van der Waals surface area contributed by atoms with Crippen molar-refractivity contribution < 1.29 is 0 Å². The lowest BCUT2D eigenvalue weighted by Crippen LogP contribution is -2.36. The quantitative estimate of drug-likeness (QED) is 0.714. The van der Waals surface area contributed by atoms with E-state index in [0.29, 0.717) is 0 Å². The van der Waals surface area contributed by atoms with Crippen molar-refractivity contribution in [3.63, 3.8) is 0 Å². The Morgan fingerprint density at radius 3 is 2.67 bits per heavy atom. The highest BCUT2D eigenvalue weighted by atomic mass is 32.2. The molecule has 1 saturated heterocycles. The van der Waals surface area contributed by atoms with Crippen LogP contribution in [-0.4, -0.2) is 60.1 Å². The minimum atomic E-state index is 0.864. The van der Waals surface area contributed by atoms with Crippen LogP contribution in [0.1, 0.15) is 27.2 Å². The first kappa shape index (κ1) is 13.3. The summed E-state index contributed by atoms with van der Waals surface area (Å²) in [6.45, 7) is 14.3. The van der Waals surface area contributed by atoms with Crippen LogP contribution in [-0.2, 0) is 0 Å². The van der Waals surface area contributed by atoms with E-state index in [2.05, 4.69) is 42.3 Å². The van der Waals surface area contributed by atoms with Crippen LogP contribution in [0.2, 0.25) is 0 Å². The maximum absolute atomic E-state index is 2.63. The van der Waals surface area contributed by atoms with Crippen molar-refractivity contribution in [2.24, 2.45) is 0 Å². The standard InChI is InChI=1S/C12H26N2S/c1-4-13(5-2)8-9-14-7-6-12(3)15-11-10-14/h12H,4-11H2,1-3H3/t12-/m1/s1. The molecule has 1 fully saturated rings. The van der Waals surface area contributed by atoms with Gasteiger partial charge in [0.1, 0.15) is 0 Å². The van der Waals surface area contributed by atoms with Gasteiger partial charge in [-0.15, -0.1) is 0 Å². The topological polar surface area (TPSA) is 6.48 Å². The summed E-state index contributed by atoms with van der Waals surface area (Å²) >= 11 is 2.13. The van der Waals surface area contributed by atoms with Gasteiger partial charge in [0, 0.05) is 30.6 Å². The number of hydrogen-bond donors (Lipinski definition) is 0. The van der Waals surface area contributed by atoms with Crippen molar-refractivity contribution in [1.29, 1.82) is 0 Å². The Kier molecular flexibility index (Phi) is 6.69. The highest BCUT2D eigenvalue weighted by molar-refractivity contribution is 7.99. The van der Waals surface area contributed by atoms with Gasteiger partial charge >= 0.3 is 0 Å². The third-order valence-corrected chi connectivity index (χ3v) is 4.51. The molecule has 0 amide bonds. The van der Waals surface area contributed by atoms with Gasteiger partial charge in [-0.3, -0.25) is 0 Å². The molecule has 15 heavy (non-hydrogen) atoms. The number of hydrogen-bond acceptors (Lipinski definition) is 3. The van der Waals surface area contributed by atoms with E-state index in [-0.39, 0.29) is 0 Å². The molecule has 3 heteroatoms. The Morgan fingerprint density at radius 2 is 2.00 bits per heavy atom. The molecule has 1 atom stereocenters. The Balaban J connectivity index is 2.19. The van der Waals surface area contributed by atoms with Crippen molar-refractivity contribution in [3.05, 3.63) is 0 Å². The van der Waals surface area contributed by atoms with Gasteiger partial charge < -0.3 is 9.80 Å². The first-order chi connectivity index (χ1) is 7.26. The zero-order valence-electron chi connectivity index (χ0n) is 10.5. The van der Waals surface area contributed by atoms with Gasteiger partial charge in [-0.05, 0) is 26.1 Å². The van der Waals surface area contributed by atoms with Crippen molar-refractivity contribution in [2.45, 2.75) is 32.4 Å². The van der Waals surface area contributed by atoms with Crippen LogP contribution in [0, 0.1) is 0 Å². The fraction of sp³-hybridized carbons (Fsp3) is 1.00. The number of rotatable bonds is 5. The predicted molar refractivity (Wildman–Crippen MR) is 70.8 cm³/mol. The van der Waals surface area contributed by atoms with E-state index >= 15 is 0 Å². The van der Waals surface area contributed by atoms with E-state index in [9.17, 15) is 0 Å². The van der Waals surface area contributed by atoms with Crippen LogP contribution in [0.15, 0.2) is 0 Å². The normalized spacial score (nSPS) is 24.4.